The van der Waals surface area contributed by atoms with Gasteiger partial charge in [0.15, 0.2) is 0 Å². The molecule has 0 aliphatic carbocycles. The Hall–Kier alpha value is -0.790. The molecule has 0 spiro atoms. The maximum Gasteiger partial charge on any atom is 0.305 e. The summed E-state index contributed by atoms with van der Waals surface area (Å²) in [6.07, 6.45) is 75.4. The standard InChI is InChI=1S/C57H112O2/c1-3-5-7-9-11-13-15-17-19-21-22-23-24-25-26-27-28-29-30-31-32-33-34-35-36-37-38-40-42-44-46-48-50-52-54-56-59-57(58)55-53-51-49-47-45-43-41-39-20-18-16-14-12-10-8-6-4-2/h14,16H,3-13,15,17-56H2,1-2H3. The number of hydrogen-bond acceptors (Lipinski definition) is 2. The number of ether oxygens (including phenoxy) is 1. The largest absolute Gasteiger partial charge is 0.466 e. The highest BCUT2D eigenvalue weighted by atomic mass is 16.5. The molecule has 0 N–H and O–H groups in total. The molecule has 0 aliphatic rings. The summed E-state index contributed by atoms with van der Waals surface area (Å²) in [6.45, 7) is 5.22. The molecular formula is C57H112O2. The average Bonchev–Trinajstić information content (AvgIpc) is 3.24. The van der Waals surface area contributed by atoms with Gasteiger partial charge in [-0.1, -0.05) is 309 Å². The molecule has 0 bridgehead atoms. The number of allylic oxidation sites excluding steroid dienone is 2. The summed E-state index contributed by atoms with van der Waals surface area (Å²) >= 11 is 0. The minimum Gasteiger partial charge on any atom is -0.466 e. The van der Waals surface area contributed by atoms with Crippen molar-refractivity contribution in [3.05, 3.63) is 12.2 Å². The molecule has 0 rings (SSSR count). The third-order valence-corrected chi connectivity index (χ3v) is 13.2. The van der Waals surface area contributed by atoms with Gasteiger partial charge in [0, 0.05) is 6.42 Å². The maximum absolute atomic E-state index is 12.1. The van der Waals surface area contributed by atoms with Crippen LogP contribution in [0.5, 0.6) is 0 Å². The fraction of sp³-hybridized carbons (Fsp3) is 0.947. The monoisotopic (exact) mass is 829 g/mol. The van der Waals surface area contributed by atoms with Crippen molar-refractivity contribution in [3.8, 4) is 0 Å². The average molecular weight is 830 g/mol. The summed E-state index contributed by atoms with van der Waals surface area (Å²) in [7, 11) is 0. The Morgan fingerprint density at radius 1 is 0.271 bits per heavy atom. The van der Waals surface area contributed by atoms with Gasteiger partial charge >= 0.3 is 5.97 Å². The van der Waals surface area contributed by atoms with E-state index in [4.69, 9.17) is 4.74 Å². The molecule has 0 unspecified atom stereocenters. The normalized spacial score (nSPS) is 11.7. The number of rotatable bonds is 53. The van der Waals surface area contributed by atoms with Crippen LogP contribution in [0.15, 0.2) is 12.2 Å². The molecule has 0 heterocycles. The molecule has 0 radical (unpaired) electrons. The zero-order chi connectivity index (χ0) is 42.5. The lowest BCUT2D eigenvalue weighted by molar-refractivity contribution is -0.143. The lowest BCUT2D eigenvalue weighted by atomic mass is 10.0. The van der Waals surface area contributed by atoms with Gasteiger partial charge in [-0.05, 0) is 38.5 Å². The smallest absolute Gasteiger partial charge is 0.305 e. The Balaban J connectivity index is 3.14. The van der Waals surface area contributed by atoms with Crippen LogP contribution in [0.2, 0.25) is 0 Å². The van der Waals surface area contributed by atoms with Crippen molar-refractivity contribution >= 4 is 5.97 Å². The van der Waals surface area contributed by atoms with E-state index in [2.05, 4.69) is 26.0 Å². The van der Waals surface area contributed by atoms with E-state index in [1.54, 1.807) is 0 Å². The minimum atomic E-state index is 0.0289. The predicted octanol–water partition coefficient (Wildman–Crippen LogP) is 21.0. The fourth-order valence-corrected chi connectivity index (χ4v) is 8.96. The number of carbonyl (C=O) groups is 1. The van der Waals surface area contributed by atoms with Crippen molar-refractivity contribution in [2.24, 2.45) is 0 Å². The summed E-state index contributed by atoms with van der Waals surface area (Å²) in [5, 5.41) is 0. The first kappa shape index (κ1) is 58.2. The van der Waals surface area contributed by atoms with Crippen LogP contribution in [0.25, 0.3) is 0 Å². The molecule has 0 saturated carbocycles. The number of carbonyl (C=O) groups excluding carboxylic acids is 1. The molecule has 0 saturated heterocycles. The number of hydrogen-bond donors (Lipinski definition) is 0. The van der Waals surface area contributed by atoms with Gasteiger partial charge in [-0.15, -0.1) is 0 Å². The van der Waals surface area contributed by atoms with E-state index in [1.165, 1.54) is 308 Å². The van der Waals surface area contributed by atoms with E-state index in [9.17, 15) is 4.79 Å². The predicted molar refractivity (Wildman–Crippen MR) is 267 cm³/mol. The van der Waals surface area contributed by atoms with Gasteiger partial charge in [-0.25, -0.2) is 0 Å². The van der Waals surface area contributed by atoms with Crippen LogP contribution in [0.3, 0.4) is 0 Å². The number of esters is 1. The molecule has 0 aromatic carbocycles. The lowest BCUT2D eigenvalue weighted by Crippen LogP contribution is -2.05. The fourth-order valence-electron chi connectivity index (χ4n) is 8.96. The zero-order valence-corrected chi connectivity index (χ0v) is 41.2. The molecule has 2 nitrogen and oxygen atoms in total. The Labute approximate surface area is 374 Å². The van der Waals surface area contributed by atoms with Crippen LogP contribution >= 0.6 is 0 Å². The first-order valence-corrected chi connectivity index (χ1v) is 28.1. The van der Waals surface area contributed by atoms with Crippen molar-refractivity contribution in [1.29, 1.82) is 0 Å². The van der Waals surface area contributed by atoms with Crippen LogP contribution in [-0.2, 0) is 9.53 Å². The Bertz CT molecular complexity index is 773. The van der Waals surface area contributed by atoms with Gasteiger partial charge < -0.3 is 4.74 Å². The molecule has 0 amide bonds. The molecular weight excluding hydrogens is 717 g/mol. The first-order chi connectivity index (χ1) is 29.3. The van der Waals surface area contributed by atoms with Crippen molar-refractivity contribution in [2.45, 2.75) is 341 Å². The summed E-state index contributed by atoms with van der Waals surface area (Å²) in [5.41, 5.74) is 0. The Kier molecular flexibility index (Phi) is 54.5. The molecule has 0 atom stereocenters. The van der Waals surface area contributed by atoms with Crippen LogP contribution in [0, 0.1) is 0 Å². The van der Waals surface area contributed by atoms with Crippen molar-refractivity contribution in [2.75, 3.05) is 6.61 Å². The second kappa shape index (κ2) is 55.2. The van der Waals surface area contributed by atoms with Gasteiger partial charge in [0.1, 0.15) is 0 Å². The third-order valence-electron chi connectivity index (χ3n) is 13.2. The van der Waals surface area contributed by atoms with E-state index in [0.717, 1.165) is 12.8 Å². The van der Waals surface area contributed by atoms with Crippen LogP contribution in [-0.4, -0.2) is 12.6 Å². The Morgan fingerprint density at radius 3 is 0.746 bits per heavy atom. The highest BCUT2D eigenvalue weighted by molar-refractivity contribution is 5.69. The summed E-state index contributed by atoms with van der Waals surface area (Å²) < 4.78 is 5.50. The van der Waals surface area contributed by atoms with E-state index >= 15 is 0 Å². The van der Waals surface area contributed by atoms with Gasteiger partial charge in [-0.3, -0.25) is 4.79 Å². The highest BCUT2D eigenvalue weighted by Crippen LogP contribution is 2.18. The molecule has 59 heavy (non-hydrogen) atoms. The molecule has 0 aromatic rings. The van der Waals surface area contributed by atoms with Crippen LogP contribution in [0.4, 0.5) is 0 Å². The van der Waals surface area contributed by atoms with Crippen molar-refractivity contribution in [3.63, 3.8) is 0 Å². The van der Waals surface area contributed by atoms with E-state index in [1.807, 2.05) is 0 Å². The second-order valence-electron chi connectivity index (χ2n) is 19.3. The topological polar surface area (TPSA) is 26.3 Å². The van der Waals surface area contributed by atoms with Crippen molar-refractivity contribution in [1.82, 2.24) is 0 Å². The summed E-state index contributed by atoms with van der Waals surface area (Å²) in [6, 6.07) is 0. The lowest BCUT2D eigenvalue weighted by Gasteiger charge is -2.06. The Morgan fingerprint density at radius 2 is 0.475 bits per heavy atom. The molecule has 352 valence electrons. The summed E-state index contributed by atoms with van der Waals surface area (Å²) in [5.74, 6) is 0.0289. The second-order valence-corrected chi connectivity index (χ2v) is 19.3. The SMILES string of the molecule is CCCCCCC=CCCCCCCCCCCCC(=O)OCCCCCCCCCCCCCCCCCCCCCCCCCCCCCCCCCCCCC. The summed E-state index contributed by atoms with van der Waals surface area (Å²) in [4.78, 5) is 12.1. The highest BCUT2D eigenvalue weighted by Gasteiger charge is 2.03. The van der Waals surface area contributed by atoms with Crippen LogP contribution < -0.4 is 0 Å². The number of unbranched alkanes of at least 4 members (excludes halogenated alkanes) is 47. The molecule has 0 aliphatic heterocycles. The van der Waals surface area contributed by atoms with Gasteiger partial charge in [0.25, 0.3) is 0 Å². The third kappa shape index (κ3) is 55.2. The minimum absolute atomic E-state index is 0.0289. The first-order valence-electron chi connectivity index (χ1n) is 28.1. The van der Waals surface area contributed by atoms with E-state index < -0.39 is 0 Å². The van der Waals surface area contributed by atoms with Crippen molar-refractivity contribution < 1.29 is 9.53 Å². The van der Waals surface area contributed by atoms with Gasteiger partial charge in [0.2, 0.25) is 0 Å². The maximum atomic E-state index is 12.1. The van der Waals surface area contributed by atoms with E-state index in [0.29, 0.717) is 13.0 Å². The van der Waals surface area contributed by atoms with Crippen LogP contribution in [0.1, 0.15) is 341 Å². The van der Waals surface area contributed by atoms with Gasteiger partial charge in [-0.2, -0.15) is 0 Å². The zero-order valence-electron chi connectivity index (χ0n) is 41.2. The quantitative estimate of drug-likeness (QED) is 0.0347. The molecule has 0 aromatic heterocycles. The molecule has 0 fully saturated rings. The van der Waals surface area contributed by atoms with E-state index in [-0.39, 0.29) is 5.97 Å². The molecule has 2 heteroatoms. The van der Waals surface area contributed by atoms with Gasteiger partial charge in [0.05, 0.1) is 6.61 Å².